The first-order valence-electron chi connectivity index (χ1n) is 6.11. The van der Waals surface area contributed by atoms with E-state index < -0.39 is 0 Å². The SMILES string of the molecule is COc1ccc2nc(NCCCN(C)C)[nH]c2c1. The lowest BCUT2D eigenvalue weighted by atomic mass is 10.3. The van der Waals surface area contributed by atoms with Crippen molar-refractivity contribution in [3.05, 3.63) is 18.2 Å². The van der Waals surface area contributed by atoms with Crippen molar-refractivity contribution in [2.24, 2.45) is 0 Å². The van der Waals surface area contributed by atoms with Crippen LogP contribution in [0, 0.1) is 0 Å². The zero-order valence-electron chi connectivity index (χ0n) is 11.2. The third-order valence-corrected chi connectivity index (χ3v) is 2.76. The van der Waals surface area contributed by atoms with Crippen molar-refractivity contribution in [2.75, 3.05) is 39.6 Å². The van der Waals surface area contributed by atoms with Crippen molar-refractivity contribution in [1.82, 2.24) is 14.9 Å². The van der Waals surface area contributed by atoms with E-state index in [1.54, 1.807) is 7.11 Å². The van der Waals surface area contributed by atoms with Crippen molar-refractivity contribution >= 4 is 17.0 Å². The average Bonchev–Trinajstić information content (AvgIpc) is 2.75. The molecule has 5 nitrogen and oxygen atoms in total. The molecule has 1 heterocycles. The fourth-order valence-corrected chi connectivity index (χ4v) is 1.80. The second-order valence-electron chi connectivity index (χ2n) is 4.55. The van der Waals surface area contributed by atoms with Crippen LogP contribution in [0.2, 0.25) is 0 Å². The summed E-state index contributed by atoms with van der Waals surface area (Å²) in [6, 6.07) is 5.82. The smallest absolute Gasteiger partial charge is 0.201 e. The monoisotopic (exact) mass is 248 g/mol. The number of hydrogen-bond acceptors (Lipinski definition) is 4. The molecule has 0 aliphatic carbocycles. The molecule has 2 aromatic rings. The number of benzene rings is 1. The van der Waals surface area contributed by atoms with Crippen molar-refractivity contribution in [1.29, 1.82) is 0 Å². The number of H-pyrrole nitrogens is 1. The van der Waals surface area contributed by atoms with Crippen molar-refractivity contribution in [3.63, 3.8) is 0 Å². The minimum absolute atomic E-state index is 0.817. The molecule has 1 aromatic heterocycles. The Morgan fingerprint density at radius 3 is 2.94 bits per heavy atom. The average molecular weight is 248 g/mol. The van der Waals surface area contributed by atoms with E-state index in [4.69, 9.17) is 4.74 Å². The largest absolute Gasteiger partial charge is 0.497 e. The van der Waals surface area contributed by atoms with Crippen LogP contribution in [-0.2, 0) is 0 Å². The Bertz CT molecular complexity index is 507. The molecule has 0 saturated carbocycles. The third kappa shape index (κ3) is 3.13. The van der Waals surface area contributed by atoms with Gasteiger partial charge in [-0.05, 0) is 39.2 Å². The van der Waals surface area contributed by atoms with Gasteiger partial charge in [-0.25, -0.2) is 4.98 Å². The number of nitrogens with one attached hydrogen (secondary N) is 2. The molecule has 18 heavy (non-hydrogen) atoms. The van der Waals surface area contributed by atoms with Crippen LogP contribution in [0.5, 0.6) is 5.75 Å². The molecule has 98 valence electrons. The number of fused-ring (bicyclic) bond motifs is 1. The van der Waals surface area contributed by atoms with Gasteiger partial charge in [0.2, 0.25) is 5.95 Å². The Morgan fingerprint density at radius 1 is 1.39 bits per heavy atom. The van der Waals surface area contributed by atoms with Crippen molar-refractivity contribution in [3.8, 4) is 5.75 Å². The van der Waals surface area contributed by atoms with Gasteiger partial charge < -0.3 is 19.9 Å². The first-order valence-corrected chi connectivity index (χ1v) is 6.11. The Morgan fingerprint density at radius 2 is 2.22 bits per heavy atom. The Kier molecular flexibility index (Phi) is 4.04. The molecule has 1 aromatic carbocycles. The van der Waals surface area contributed by atoms with Gasteiger partial charge >= 0.3 is 0 Å². The van der Waals surface area contributed by atoms with Crippen LogP contribution in [0.4, 0.5) is 5.95 Å². The zero-order valence-corrected chi connectivity index (χ0v) is 11.2. The lowest BCUT2D eigenvalue weighted by Gasteiger charge is -2.08. The molecule has 2 N–H and O–H groups in total. The van der Waals surface area contributed by atoms with Crippen LogP contribution in [0.3, 0.4) is 0 Å². The summed E-state index contributed by atoms with van der Waals surface area (Å²) in [5, 5.41) is 3.29. The first kappa shape index (κ1) is 12.7. The molecule has 0 unspecified atom stereocenters. The topological polar surface area (TPSA) is 53.2 Å². The van der Waals surface area contributed by atoms with Gasteiger partial charge in [-0.1, -0.05) is 0 Å². The summed E-state index contributed by atoms with van der Waals surface area (Å²) in [7, 11) is 5.82. The van der Waals surface area contributed by atoms with E-state index in [-0.39, 0.29) is 0 Å². The van der Waals surface area contributed by atoms with E-state index in [9.17, 15) is 0 Å². The highest BCUT2D eigenvalue weighted by atomic mass is 16.5. The van der Waals surface area contributed by atoms with Crippen LogP contribution < -0.4 is 10.1 Å². The van der Waals surface area contributed by atoms with E-state index >= 15 is 0 Å². The summed E-state index contributed by atoms with van der Waals surface area (Å²) in [5.41, 5.74) is 1.94. The van der Waals surface area contributed by atoms with Crippen LogP contribution >= 0.6 is 0 Å². The molecule has 0 atom stereocenters. The van der Waals surface area contributed by atoms with Crippen LogP contribution in [-0.4, -0.2) is 49.2 Å². The van der Waals surface area contributed by atoms with E-state index in [2.05, 4.69) is 34.3 Å². The predicted molar refractivity (Wildman–Crippen MR) is 74.3 cm³/mol. The maximum Gasteiger partial charge on any atom is 0.201 e. The highest BCUT2D eigenvalue weighted by molar-refractivity contribution is 5.79. The minimum Gasteiger partial charge on any atom is -0.497 e. The van der Waals surface area contributed by atoms with Crippen molar-refractivity contribution in [2.45, 2.75) is 6.42 Å². The Balaban J connectivity index is 1.97. The lowest BCUT2D eigenvalue weighted by molar-refractivity contribution is 0.405. The van der Waals surface area contributed by atoms with Crippen molar-refractivity contribution < 1.29 is 4.74 Å². The van der Waals surface area contributed by atoms with Crippen LogP contribution in [0.25, 0.3) is 11.0 Å². The van der Waals surface area contributed by atoms with Gasteiger partial charge in [0.15, 0.2) is 0 Å². The maximum atomic E-state index is 5.18. The third-order valence-electron chi connectivity index (χ3n) is 2.76. The van der Waals surface area contributed by atoms with Gasteiger partial charge in [0.05, 0.1) is 18.1 Å². The maximum absolute atomic E-state index is 5.18. The molecule has 0 amide bonds. The molecule has 0 aliphatic heterocycles. The van der Waals surface area contributed by atoms with E-state index in [0.717, 1.165) is 42.2 Å². The molecular formula is C13H20N4O. The number of aromatic amines is 1. The van der Waals surface area contributed by atoms with Gasteiger partial charge in [-0.2, -0.15) is 0 Å². The van der Waals surface area contributed by atoms with E-state index in [1.165, 1.54) is 0 Å². The fourth-order valence-electron chi connectivity index (χ4n) is 1.80. The van der Waals surface area contributed by atoms with Gasteiger partial charge in [0.25, 0.3) is 0 Å². The number of anilines is 1. The molecule has 5 heteroatoms. The number of rotatable bonds is 6. The highest BCUT2D eigenvalue weighted by Crippen LogP contribution is 2.20. The molecule has 2 rings (SSSR count). The number of nitrogens with zero attached hydrogens (tertiary/aromatic N) is 2. The summed E-state index contributed by atoms with van der Waals surface area (Å²) in [5.74, 6) is 1.65. The molecule has 0 aliphatic rings. The lowest BCUT2D eigenvalue weighted by Crippen LogP contribution is -2.16. The Labute approximate surface area is 107 Å². The van der Waals surface area contributed by atoms with Gasteiger partial charge in [-0.15, -0.1) is 0 Å². The molecular weight excluding hydrogens is 228 g/mol. The van der Waals surface area contributed by atoms with Crippen LogP contribution in [0.1, 0.15) is 6.42 Å². The molecule has 0 spiro atoms. The zero-order chi connectivity index (χ0) is 13.0. The highest BCUT2D eigenvalue weighted by Gasteiger charge is 2.03. The molecule has 0 radical (unpaired) electrons. The summed E-state index contributed by atoms with van der Waals surface area (Å²) in [4.78, 5) is 9.88. The van der Waals surface area contributed by atoms with E-state index in [1.807, 2.05) is 18.2 Å². The Hall–Kier alpha value is -1.75. The van der Waals surface area contributed by atoms with Gasteiger partial charge in [0.1, 0.15) is 5.75 Å². The van der Waals surface area contributed by atoms with Gasteiger partial charge in [-0.3, -0.25) is 0 Å². The number of aromatic nitrogens is 2. The second kappa shape index (κ2) is 5.73. The summed E-state index contributed by atoms with van der Waals surface area (Å²) < 4.78 is 5.18. The summed E-state index contributed by atoms with van der Waals surface area (Å²) in [6.07, 6.45) is 1.09. The minimum atomic E-state index is 0.817. The number of hydrogen-bond donors (Lipinski definition) is 2. The fraction of sp³-hybridized carbons (Fsp3) is 0.462. The molecule has 0 bridgehead atoms. The number of methoxy groups -OCH3 is 1. The quantitative estimate of drug-likeness (QED) is 0.767. The van der Waals surface area contributed by atoms with Crippen LogP contribution in [0.15, 0.2) is 18.2 Å². The molecule has 0 saturated heterocycles. The number of ether oxygens (including phenoxy) is 1. The summed E-state index contributed by atoms with van der Waals surface area (Å²) in [6.45, 7) is 1.98. The standard InChI is InChI=1S/C13H20N4O/c1-17(2)8-4-7-14-13-15-11-6-5-10(18-3)9-12(11)16-13/h5-6,9H,4,7-8H2,1-3H3,(H2,14,15,16). The molecule has 0 fully saturated rings. The second-order valence-corrected chi connectivity index (χ2v) is 4.55. The first-order chi connectivity index (χ1) is 8.69. The number of imidazole rings is 1. The predicted octanol–water partition coefficient (Wildman–Crippen LogP) is 1.94. The van der Waals surface area contributed by atoms with Gasteiger partial charge in [0, 0.05) is 12.6 Å². The summed E-state index contributed by atoms with van der Waals surface area (Å²) >= 11 is 0. The van der Waals surface area contributed by atoms with E-state index in [0.29, 0.717) is 0 Å². The normalized spacial score (nSPS) is 11.1.